The van der Waals surface area contributed by atoms with Gasteiger partial charge in [0.2, 0.25) is 5.91 Å². The van der Waals surface area contributed by atoms with Gasteiger partial charge in [-0.05, 0) is 44.3 Å². The van der Waals surface area contributed by atoms with Crippen molar-refractivity contribution in [3.05, 3.63) is 35.9 Å². The SMILES string of the molecule is O=C(O)CCN1CCC(C(=O)N(Cc2ccccc2)C2CC2)CC1. The molecule has 5 heteroatoms. The third-order valence-electron chi connectivity index (χ3n) is 5.05. The van der Waals surface area contributed by atoms with E-state index in [1.807, 2.05) is 18.2 Å². The van der Waals surface area contributed by atoms with Gasteiger partial charge in [-0.25, -0.2) is 0 Å². The van der Waals surface area contributed by atoms with Gasteiger partial charge in [-0.1, -0.05) is 30.3 Å². The molecule has 1 heterocycles. The number of nitrogens with zero attached hydrogens (tertiary/aromatic N) is 2. The second-order valence-electron chi connectivity index (χ2n) is 6.94. The van der Waals surface area contributed by atoms with Crippen LogP contribution in [-0.2, 0) is 16.1 Å². The van der Waals surface area contributed by atoms with Crippen molar-refractivity contribution in [2.24, 2.45) is 5.92 Å². The zero-order valence-electron chi connectivity index (χ0n) is 14.1. The lowest BCUT2D eigenvalue weighted by atomic mass is 9.94. The number of benzene rings is 1. The lowest BCUT2D eigenvalue weighted by molar-refractivity contribution is -0.140. The molecule has 1 aromatic rings. The van der Waals surface area contributed by atoms with Gasteiger partial charge < -0.3 is 14.9 Å². The summed E-state index contributed by atoms with van der Waals surface area (Å²) in [6, 6.07) is 10.6. The molecule has 0 radical (unpaired) electrons. The topological polar surface area (TPSA) is 60.9 Å². The first-order valence-electron chi connectivity index (χ1n) is 8.92. The van der Waals surface area contributed by atoms with Crippen molar-refractivity contribution in [2.45, 2.75) is 44.7 Å². The Morgan fingerprint density at radius 2 is 1.75 bits per heavy atom. The highest BCUT2D eigenvalue weighted by Gasteiger charge is 2.36. The van der Waals surface area contributed by atoms with Gasteiger partial charge in [0.05, 0.1) is 6.42 Å². The first-order chi connectivity index (χ1) is 11.6. The predicted molar refractivity (Wildman–Crippen MR) is 91.4 cm³/mol. The third-order valence-corrected chi connectivity index (χ3v) is 5.05. The molecule has 1 N–H and O–H groups in total. The molecule has 1 saturated heterocycles. The molecule has 1 amide bonds. The lowest BCUT2D eigenvalue weighted by Crippen LogP contribution is -2.43. The summed E-state index contributed by atoms with van der Waals surface area (Å²) in [4.78, 5) is 27.9. The van der Waals surface area contributed by atoms with E-state index in [9.17, 15) is 9.59 Å². The normalized spacial score (nSPS) is 19.2. The first-order valence-corrected chi connectivity index (χ1v) is 8.92. The van der Waals surface area contributed by atoms with Crippen LogP contribution in [0.5, 0.6) is 0 Å². The van der Waals surface area contributed by atoms with Crippen LogP contribution < -0.4 is 0 Å². The van der Waals surface area contributed by atoms with Crippen molar-refractivity contribution >= 4 is 11.9 Å². The van der Waals surface area contributed by atoms with Gasteiger partial charge in [0.15, 0.2) is 0 Å². The summed E-state index contributed by atoms with van der Waals surface area (Å²) in [5, 5.41) is 8.78. The largest absolute Gasteiger partial charge is 0.481 e. The van der Waals surface area contributed by atoms with Crippen molar-refractivity contribution in [1.29, 1.82) is 0 Å². The van der Waals surface area contributed by atoms with Crippen LogP contribution in [-0.4, -0.2) is 52.5 Å². The van der Waals surface area contributed by atoms with E-state index >= 15 is 0 Å². The van der Waals surface area contributed by atoms with E-state index in [0.717, 1.165) is 38.8 Å². The minimum Gasteiger partial charge on any atom is -0.481 e. The first kappa shape index (κ1) is 17.0. The molecule has 24 heavy (non-hydrogen) atoms. The van der Waals surface area contributed by atoms with Crippen LogP contribution in [0, 0.1) is 5.92 Å². The van der Waals surface area contributed by atoms with E-state index in [0.29, 0.717) is 25.0 Å². The van der Waals surface area contributed by atoms with Crippen LogP contribution in [0.4, 0.5) is 0 Å². The lowest BCUT2D eigenvalue weighted by Gasteiger charge is -2.34. The highest BCUT2D eigenvalue weighted by molar-refractivity contribution is 5.79. The number of carbonyl (C=O) groups excluding carboxylic acids is 1. The minimum absolute atomic E-state index is 0.0930. The smallest absolute Gasteiger partial charge is 0.304 e. The van der Waals surface area contributed by atoms with E-state index in [2.05, 4.69) is 21.9 Å². The Hall–Kier alpha value is -1.88. The maximum atomic E-state index is 13.0. The van der Waals surface area contributed by atoms with Gasteiger partial charge in [-0.3, -0.25) is 9.59 Å². The predicted octanol–water partition coefficient (Wildman–Crippen LogP) is 2.36. The molecule has 1 aliphatic heterocycles. The zero-order valence-corrected chi connectivity index (χ0v) is 14.1. The van der Waals surface area contributed by atoms with E-state index < -0.39 is 5.97 Å². The van der Waals surface area contributed by atoms with E-state index in [4.69, 9.17) is 5.11 Å². The Morgan fingerprint density at radius 1 is 1.08 bits per heavy atom. The molecule has 3 rings (SSSR count). The number of aliphatic carboxylic acids is 1. The summed E-state index contributed by atoms with van der Waals surface area (Å²) in [6.45, 7) is 2.96. The minimum atomic E-state index is -0.754. The maximum absolute atomic E-state index is 13.0. The molecule has 0 unspecified atom stereocenters. The summed E-state index contributed by atoms with van der Waals surface area (Å²) in [5.74, 6) is -0.370. The fourth-order valence-corrected chi connectivity index (χ4v) is 3.45. The standard InChI is InChI=1S/C19H26N2O3/c22-18(23)10-13-20-11-8-16(9-12-20)19(24)21(17-6-7-17)14-15-4-2-1-3-5-15/h1-5,16-17H,6-14H2,(H,22,23). The molecule has 1 saturated carbocycles. The van der Waals surface area contributed by atoms with Crippen LogP contribution in [0.1, 0.15) is 37.7 Å². The highest BCUT2D eigenvalue weighted by atomic mass is 16.4. The van der Waals surface area contributed by atoms with Crippen LogP contribution in [0.15, 0.2) is 30.3 Å². The molecule has 1 aromatic carbocycles. The van der Waals surface area contributed by atoms with Gasteiger partial charge in [0.1, 0.15) is 0 Å². The molecule has 1 aliphatic carbocycles. The van der Waals surface area contributed by atoms with Crippen LogP contribution in [0.3, 0.4) is 0 Å². The molecule has 0 atom stereocenters. The second kappa shape index (κ2) is 7.79. The quantitative estimate of drug-likeness (QED) is 0.834. The van der Waals surface area contributed by atoms with Gasteiger partial charge in [-0.2, -0.15) is 0 Å². The summed E-state index contributed by atoms with van der Waals surface area (Å²) in [7, 11) is 0. The maximum Gasteiger partial charge on any atom is 0.304 e. The van der Waals surface area contributed by atoms with Crippen LogP contribution >= 0.6 is 0 Å². The number of amides is 1. The molecular weight excluding hydrogens is 304 g/mol. The fourth-order valence-electron chi connectivity index (χ4n) is 3.45. The van der Waals surface area contributed by atoms with Crippen molar-refractivity contribution in [2.75, 3.05) is 19.6 Å². The number of carboxylic acid groups (broad SMARTS) is 1. The fraction of sp³-hybridized carbons (Fsp3) is 0.579. The van der Waals surface area contributed by atoms with Crippen LogP contribution in [0.2, 0.25) is 0 Å². The van der Waals surface area contributed by atoms with E-state index in [1.54, 1.807) is 0 Å². The molecule has 0 spiro atoms. The van der Waals surface area contributed by atoms with Crippen LogP contribution in [0.25, 0.3) is 0 Å². The average molecular weight is 330 g/mol. The monoisotopic (exact) mass is 330 g/mol. The number of likely N-dealkylation sites (tertiary alicyclic amines) is 1. The van der Waals surface area contributed by atoms with E-state index in [1.165, 1.54) is 5.56 Å². The summed E-state index contributed by atoms with van der Waals surface area (Å²) in [6.07, 6.45) is 4.11. The number of piperidine rings is 1. The van der Waals surface area contributed by atoms with Crippen molar-refractivity contribution in [1.82, 2.24) is 9.80 Å². The number of hydrogen-bond acceptors (Lipinski definition) is 3. The molecule has 2 aliphatic rings. The number of rotatable bonds is 7. The molecule has 130 valence electrons. The zero-order chi connectivity index (χ0) is 16.9. The summed E-state index contributed by atoms with van der Waals surface area (Å²) >= 11 is 0. The van der Waals surface area contributed by atoms with Gasteiger partial charge in [0.25, 0.3) is 0 Å². The van der Waals surface area contributed by atoms with Gasteiger partial charge in [-0.15, -0.1) is 0 Å². The Morgan fingerprint density at radius 3 is 2.33 bits per heavy atom. The Kier molecular flexibility index (Phi) is 5.51. The number of hydrogen-bond donors (Lipinski definition) is 1. The van der Waals surface area contributed by atoms with Crippen molar-refractivity contribution in [3.8, 4) is 0 Å². The average Bonchev–Trinajstić information content (AvgIpc) is 3.43. The summed E-state index contributed by atoms with van der Waals surface area (Å²) in [5.41, 5.74) is 1.19. The number of carbonyl (C=O) groups is 2. The molecule has 2 fully saturated rings. The summed E-state index contributed by atoms with van der Waals surface area (Å²) < 4.78 is 0. The highest BCUT2D eigenvalue weighted by Crippen LogP contribution is 2.31. The molecule has 0 aromatic heterocycles. The number of carboxylic acids is 1. The Balaban J connectivity index is 1.53. The third kappa shape index (κ3) is 4.57. The van der Waals surface area contributed by atoms with Crippen molar-refractivity contribution in [3.63, 3.8) is 0 Å². The van der Waals surface area contributed by atoms with E-state index in [-0.39, 0.29) is 12.3 Å². The van der Waals surface area contributed by atoms with Gasteiger partial charge >= 0.3 is 5.97 Å². The second-order valence-corrected chi connectivity index (χ2v) is 6.94. The Labute approximate surface area is 143 Å². The molecule has 5 nitrogen and oxygen atoms in total. The molecule has 0 bridgehead atoms. The Bertz CT molecular complexity index is 563. The molecular formula is C19H26N2O3. The van der Waals surface area contributed by atoms with Gasteiger partial charge in [0, 0.05) is 25.0 Å². The van der Waals surface area contributed by atoms with Crippen molar-refractivity contribution < 1.29 is 14.7 Å².